The highest BCUT2D eigenvalue weighted by atomic mass is 32.1. The molecule has 1 aromatic rings. The van der Waals surface area contributed by atoms with Crippen LogP contribution in [0.15, 0.2) is 18.2 Å². The SMILES string of the molecule is C[C@H](NC(=S)NC[C@H]1CCCO1)c1ccc(F)c(F)c1. The van der Waals surface area contributed by atoms with Gasteiger partial charge in [-0.25, -0.2) is 8.78 Å². The maximum Gasteiger partial charge on any atom is 0.166 e. The minimum Gasteiger partial charge on any atom is -0.376 e. The molecule has 0 aromatic heterocycles. The molecule has 1 saturated heterocycles. The van der Waals surface area contributed by atoms with Crippen LogP contribution in [0.2, 0.25) is 0 Å². The highest BCUT2D eigenvalue weighted by Crippen LogP contribution is 2.16. The Labute approximate surface area is 122 Å². The van der Waals surface area contributed by atoms with Crippen molar-refractivity contribution in [3.05, 3.63) is 35.4 Å². The first-order valence-electron chi connectivity index (χ1n) is 6.67. The predicted molar refractivity (Wildman–Crippen MR) is 77.5 cm³/mol. The quantitative estimate of drug-likeness (QED) is 0.838. The van der Waals surface area contributed by atoms with E-state index in [1.807, 2.05) is 6.92 Å². The first kappa shape index (κ1) is 15.1. The van der Waals surface area contributed by atoms with E-state index in [1.165, 1.54) is 6.07 Å². The van der Waals surface area contributed by atoms with Crippen LogP contribution in [0.3, 0.4) is 0 Å². The second-order valence-corrected chi connectivity index (χ2v) is 5.29. The molecule has 2 atom stereocenters. The number of hydrogen-bond donors (Lipinski definition) is 2. The maximum absolute atomic E-state index is 13.2. The lowest BCUT2D eigenvalue weighted by Gasteiger charge is -2.19. The molecule has 1 heterocycles. The van der Waals surface area contributed by atoms with Crippen LogP contribution in [0.4, 0.5) is 8.78 Å². The fourth-order valence-corrected chi connectivity index (χ4v) is 2.38. The van der Waals surface area contributed by atoms with Gasteiger partial charge in [-0.15, -0.1) is 0 Å². The van der Waals surface area contributed by atoms with E-state index in [2.05, 4.69) is 10.6 Å². The predicted octanol–water partition coefficient (Wildman–Crippen LogP) is 2.67. The lowest BCUT2D eigenvalue weighted by molar-refractivity contribution is 0.114. The Morgan fingerprint density at radius 1 is 1.45 bits per heavy atom. The van der Waals surface area contributed by atoms with Gasteiger partial charge >= 0.3 is 0 Å². The van der Waals surface area contributed by atoms with Crippen molar-refractivity contribution >= 4 is 17.3 Å². The molecule has 1 aliphatic rings. The fourth-order valence-electron chi connectivity index (χ4n) is 2.12. The third-order valence-electron chi connectivity index (χ3n) is 3.31. The van der Waals surface area contributed by atoms with E-state index in [0.717, 1.165) is 25.5 Å². The maximum atomic E-state index is 13.2. The Hall–Kier alpha value is -1.27. The number of benzene rings is 1. The van der Waals surface area contributed by atoms with Gasteiger partial charge in [-0.05, 0) is 49.7 Å². The summed E-state index contributed by atoms with van der Waals surface area (Å²) in [6.07, 6.45) is 2.32. The van der Waals surface area contributed by atoms with E-state index in [9.17, 15) is 8.78 Å². The molecule has 0 amide bonds. The number of ether oxygens (including phenoxy) is 1. The lowest BCUT2D eigenvalue weighted by atomic mass is 10.1. The molecule has 1 aliphatic heterocycles. The smallest absolute Gasteiger partial charge is 0.166 e. The molecule has 1 fully saturated rings. The summed E-state index contributed by atoms with van der Waals surface area (Å²) >= 11 is 5.18. The summed E-state index contributed by atoms with van der Waals surface area (Å²) in [6.45, 7) is 3.31. The molecule has 20 heavy (non-hydrogen) atoms. The summed E-state index contributed by atoms with van der Waals surface area (Å²) in [5.41, 5.74) is 0.644. The van der Waals surface area contributed by atoms with Crippen LogP contribution in [-0.4, -0.2) is 24.4 Å². The van der Waals surface area contributed by atoms with Gasteiger partial charge in [0.25, 0.3) is 0 Å². The molecule has 0 unspecified atom stereocenters. The van der Waals surface area contributed by atoms with E-state index >= 15 is 0 Å². The Bertz CT molecular complexity index is 478. The number of hydrogen-bond acceptors (Lipinski definition) is 2. The van der Waals surface area contributed by atoms with Crippen LogP contribution in [0.1, 0.15) is 31.4 Å². The number of rotatable bonds is 4. The van der Waals surface area contributed by atoms with E-state index < -0.39 is 11.6 Å². The van der Waals surface area contributed by atoms with Crippen molar-refractivity contribution < 1.29 is 13.5 Å². The van der Waals surface area contributed by atoms with Gasteiger partial charge < -0.3 is 15.4 Å². The minimum atomic E-state index is -0.852. The lowest BCUT2D eigenvalue weighted by Crippen LogP contribution is -2.40. The van der Waals surface area contributed by atoms with Crippen LogP contribution in [-0.2, 0) is 4.74 Å². The molecule has 0 radical (unpaired) electrons. The third-order valence-corrected chi connectivity index (χ3v) is 3.57. The Morgan fingerprint density at radius 2 is 2.25 bits per heavy atom. The van der Waals surface area contributed by atoms with Gasteiger partial charge in [0.15, 0.2) is 16.7 Å². The normalized spacial score (nSPS) is 19.6. The van der Waals surface area contributed by atoms with Crippen molar-refractivity contribution in [3.8, 4) is 0 Å². The topological polar surface area (TPSA) is 33.3 Å². The molecule has 2 N–H and O–H groups in total. The second-order valence-electron chi connectivity index (χ2n) is 4.88. The summed E-state index contributed by atoms with van der Waals surface area (Å²) < 4.78 is 31.5. The minimum absolute atomic E-state index is 0.199. The molecule has 110 valence electrons. The average molecular weight is 300 g/mol. The Kier molecular flexibility index (Phi) is 5.25. The first-order chi connectivity index (χ1) is 9.56. The molecule has 2 rings (SSSR count). The molecule has 0 aliphatic carbocycles. The monoisotopic (exact) mass is 300 g/mol. The summed E-state index contributed by atoms with van der Waals surface area (Å²) in [7, 11) is 0. The van der Waals surface area contributed by atoms with E-state index in [0.29, 0.717) is 17.2 Å². The van der Waals surface area contributed by atoms with Crippen molar-refractivity contribution in [3.63, 3.8) is 0 Å². The third kappa shape index (κ3) is 4.11. The van der Waals surface area contributed by atoms with Gasteiger partial charge in [0.1, 0.15) is 0 Å². The van der Waals surface area contributed by atoms with Crippen molar-refractivity contribution in [1.29, 1.82) is 0 Å². The van der Waals surface area contributed by atoms with Crippen LogP contribution in [0.5, 0.6) is 0 Å². The van der Waals surface area contributed by atoms with Gasteiger partial charge in [0.2, 0.25) is 0 Å². The van der Waals surface area contributed by atoms with Gasteiger partial charge in [0, 0.05) is 13.2 Å². The Morgan fingerprint density at radius 3 is 2.90 bits per heavy atom. The van der Waals surface area contributed by atoms with E-state index in [-0.39, 0.29) is 12.1 Å². The molecule has 0 bridgehead atoms. The van der Waals surface area contributed by atoms with Crippen LogP contribution in [0, 0.1) is 11.6 Å². The zero-order chi connectivity index (χ0) is 14.5. The molecule has 0 saturated carbocycles. The van der Waals surface area contributed by atoms with E-state index in [1.54, 1.807) is 6.07 Å². The zero-order valence-corrected chi connectivity index (χ0v) is 12.1. The highest BCUT2D eigenvalue weighted by Gasteiger charge is 2.16. The first-order valence-corrected chi connectivity index (χ1v) is 7.08. The largest absolute Gasteiger partial charge is 0.376 e. The second kappa shape index (κ2) is 6.95. The summed E-state index contributed by atoms with van der Waals surface area (Å²) in [5, 5.41) is 6.61. The molecular weight excluding hydrogens is 282 g/mol. The molecule has 3 nitrogen and oxygen atoms in total. The highest BCUT2D eigenvalue weighted by molar-refractivity contribution is 7.80. The summed E-state index contributed by atoms with van der Waals surface area (Å²) in [5.74, 6) is -1.70. The molecule has 1 aromatic carbocycles. The van der Waals surface area contributed by atoms with Gasteiger partial charge in [-0.1, -0.05) is 6.07 Å². The van der Waals surface area contributed by atoms with Crippen LogP contribution in [0.25, 0.3) is 0 Å². The van der Waals surface area contributed by atoms with Crippen molar-refractivity contribution in [1.82, 2.24) is 10.6 Å². The summed E-state index contributed by atoms with van der Waals surface area (Å²) in [6, 6.07) is 3.63. The number of nitrogens with one attached hydrogen (secondary N) is 2. The standard InChI is InChI=1S/C14H18F2N2OS/c1-9(10-4-5-12(15)13(16)7-10)18-14(20)17-8-11-3-2-6-19-11/h4-5,7,9,11H,2-3,6,8H2,1H3,(H2,17,18,20)/t9-,11+/m0/s1. The van der Waals surface area contributed by atoms with Crippen molar-refractivity contribution in [2.24, 2.45) is 0 Å². The molecule has 0 spiro atoms. The van der Waals surface area contributed by atoms with Gasteiger partial charge in [0.05, 0.1) is 12.1 Å². The van der Waals surface area contributed by atoms with Gasteiger partial charge in [-0.3, -0.25) is 0 Å². The Balaban J connectivity index is 1.81. The average Bonchev–Trinajstić information content (AvgIpc) is 2.92. The zero-order valence-electron chi connectivity index (χ0n) is 11.3. The molecular formula is C14H18F2N2OS. The number of halogens is 2. The van der Waals surface area contributed by atoms with Gasteiger partial charge in [-0.2, -0.15) is 0 Å². The van der Waals surface area contributed by atoms with Crippen LogP contribution >= 0.6 is 12.2 Å². The summed E-state index contributed by atoms with van der Waals surface area (Å²) in [4.78, 5) is 0. The van der Waals surface area contributed by atoms with Crippen LogP contribution < -0.4 is 10.6 Å². The number of thiocarbonyl (C=S) groups is 1. The van der Waals surface area contributed by atoms with Crippen molar-refractivity contribution in [2.45, 2.75) is 31.9 Å². The van der Waals surface area contributed by atoms with E-state index in [4.69, 9.17) is 17.0 Å². The fraction of sp³-hybridized carbons (Fsp3) is 0.500. The molecule has 6 heteroatoms. The van der Waals surface area contributed by atoms with Crippen molar-refractivity contribution in [2.75, 3.05) is 13.2 Å².